The normalized spacial score (nSPS) is 9.58. The van der Waals surface area contributed by atoms with Gasteiger partial charge in [0.05, 0.1) is 5.56 Å². The Balaban J connectivity index is 3.33. The van der Waals surface area contributed by atoms with Crippen LogP contribution in [0, 0.1) is 11.2 Å². The van der Waals surface area contributed by atoms with E-state index in [0.717, 1.165) is 6.21 Å². The van der Waals surface area contributed by atoms with E-state index in [0.29, 0.717) is 10.2 Å². The van der Waals surface area contributed by atoms with Gasteiger partial charge in [0, 0.05) is 23.4 Å². The zero-order valence-electron chi connectivity index (χ0n) is 6.49. The van der Waals surface area contributed by atoms with Crippen molar-refractivity contribution in [3.63, 3.8) is 0 Å². The number of benzene rings is 1. The minimum Gasteiger partial charge on any atom is -0.387 e. The Morgan fingerprint density at radius 3 is 2.75 bits per heavy atom. The van der Waals surface area contributed by atoms with Crippen molar-refractivity contribution in [3.8, 4) is 0 Å². The number of rotatable bonds is 2. The van der Waals surface area contributed by atoms with Gasteiger partial charge in [-0.15, -0.1) is 0 Å². The third kappa shape index (κ3) is 1.64. The van der Waals surface area contributed by atoms with Crippen LogP contribution in [0.5, 0.6) is 0 Å². The third-order valence-corrected chi connectivity index (χ3v) is 1.97. The highest BCUT2D eigenvalue weighted by molar-refractivity contribution is 9.10. The van der Waals surface area contributed by atoms with Crippen molar-refractivity contribution in [1.29, 1.82) is 5.41 Å². The van der Waals surface area contributed by atoms with E-state index in [1.54, 1.807) is 13.1 Å². The second-order valence-corrected chi connectivity index (χ2v) is 3.16. The molecule has 64 valence electrons. The van der Waals surface area contributed by atoms with E-state index in [-0.39, 0.29) is 5.56 Å². The van der Waals surface area contributed by atoms with Crippen molar-refractivity contribution in [2.45, 2.75) is 0 Å². The van der Waals surface area contributed by atoms with Crippen LogP contribution in [0.2, 0.25) is 0 Å². The molecule has 0 aliphatic carbocycles. The average molecular weight is 231 g/mol. The fourth-order valence-electron chi connectivity index (χ4n) is 0.938. The van der Waals surface area contributed by atoms with Gasteiger partial charge in [-0.05, 0) is 12.1 Å². The highest BCUT2D eigenvalue weighted by atomic mass is 79.9. The number of hydrogen-bond acceptors (Lipinski definition) is 2. The standard InChI is InChI=1S/C8H8BrFN2/c1-12-8-3-5(9)2-7(10)6(8)4-11/h2-4,11-12H,1H3. The van der Waals surface area contributed by atoms with Crippen molar-refractivity contribution >= 4 is 27.8 Å². The van der Waals surface area contributed by atoms with Gasteiger partial charge in [0.25, 0.3) is 0 Å². The quantitative estimate of drug-likeness (QED) is 0.754. The molecule has 0 aliphatic rings. The van der Waals surface area contributed by atoms with Gasteiger partial charge in [-0.1, -0.05) is 15.9 Å². The lowest BCUT2D eigenvalue weighted by Gasteiger charge is -2.05. The molecule has 0 aliphatic heterocycles. The van der Waals surface area contributed by atoms with Gasteiger partial charge in [-0.2, -0.15) is 0 Å². The van der Waals surface area contributed by atoms with Crippen LogP contribution in [0.3, 0.4) is 0 Å². The van der Waals surface area contributed by atoms with Crippen molar-refractivity contribution in [2.75, 3.05) is 12.4 Å². The molecule has 0 saturated heterocycles. The fraction of sp³-hybridized carbons (Fsp3) is 0.125. The number of nitrogens with one attached hydrogen (secondary N) is 2. The predicted molar refractivity (Wildman–Crippen MR) is 51.5 cm³/mol. The summed E-state index contributed by atoms with van der Waals surface area (Å²) < 4.78 is 13.7. The molecule has 1 rings (SSSR count). The predicted octanol–water partition coefficient (Wildman–Crippen LogP) is 2.63. The summed E-state index contributed by atoms with van der Waals surface area (Å²) in [6.45, 7) is 0. The fourth-order valence-corrected chi connectivity index (χ4v) is 1.37. The van der Waals surface area contributed by atoms with Crippen molar-refractivity contribution in [1.82, 2.24) is 0 Å². The lowest BCUT2D eigenvalue weighted by Crippen LogP contribution is -1.97. The van der Waals surface area contributed by atoms with Crippen LogP contribution in [-0.2, 0) is 0 Å². The zero-order chi connectivity index (χ0) is 9.14. The summed E-state index contributed by atoms with van der Waals surface area (Å²) in [4.78, 5) is 0. The van der Waals surface area contributed by atoms with Crippen LogP contribution in [0.4, 0.5) is 10.1 Å². The summed E-state index contributed by atoms with van der Waals surface area (Å²) in [6.07, 6.45) is 0.994. The van der Waals surface area contributed by atoms with E-state index in [4.69, 9.17) is 5.41 Å². The summed E-state index contributed by atoms with van der Waals surface area (Å²) in [6, 6.07) is 3.06. The van der Waals surface area contributed by atoms with E-state index in [9.17, 15) is 4.39 Å². The second kappa shape index (κ2) is 3.67. The Hall–Kier alpha value is -0.900. The molecule has 0 saturated carbocycles. The maximum Gasteiger partial charge on any atom is 0.135 e. The molecule has 2 nitrogen and oxygen atoms in total. The Kier molecular flexibility index (Phi) is 2.81. The van der Waals surface area contributed by atoms with E-state index in [2.05, 4.69) is 21.2 Å². The molecule has 0 aromatic heterocycles. The minimum atomic E-state index is -0.399. The molecule has 0 spiro atoms. The molecule has 2 N–H and O–H groups in total. The van der Waals surface area contributed by atoms with E-state index in [1.807, 2.05) is 0 Å². The monoisotopic (exact) mass is 230 g/mol. The third-order valence-electron chi connectivity index (χ3n) is 1.51. The van der Waals surface area contributed by atoms with Crippen LogP contribution >= 0.6 is 15.9 Å². The summed E-state index contributed by atoms with van der Waals surface area (Å²) in [7, 11) is 1.69. The molecular weight excluding hydrogens is 223 g/mol. The second-order valence-electron chi connectivity index (χ2n) is 2.24. The largest absolute Gasteiger partial charge is 0.387 e. The topological polar surface area (TPSA) is 35.9 Å². The van der Waals surface area contributed by atoms with Crippen LogP contribution in [-0.4, -0.2) is 13.3 Å². The van der Waals surface area contributed by atoms with Gasteiger partial charge in [-0.25, -0.2) is 4.39 Å². The number of halogens is 2. The van der Waals surface area contributed by atoms with E-state index < -0.39 is 5.82 Å². The molecule has 0 radical (unpaired) electrons. The lowest BCUT2D eigenvalue weighted by atomic mass is 10.2. The molecule has 0 unspecified atom stereocenters. The molecule has 1 aromatic carbocycles. The van der Waals surface area contributed by atoms with Gasteiger partial charge >= 0.3 is 0 Å². The first-order valence-corrected chi connectivity index (χ1v) is 4.15. The van der Waals surface area contributed by atoms with Gasteiger partial charge < -0.3 is 10.7 Å². The molecule has 1 aromatic rings. The van der Waals surface area contributed by atoms with Crippen LogP contribution in [0.15, 0.2) is 16.6 Å². The Bertz CT molecular complexity index is 312. The minimum absolute atomic E-state index is 0.278. The van der Waals surface area contributed by atoms with Crippen molar-refractivity contribution in [3.05, 3.63) is 28.0 Å². The number of anilines is 1. The van der Waals surface area contributed by atoms with Gasteiger partial charge in [-0.3, -0.25) is 0 Å². The molecule has 0 amide bonds. The molecule has 4 heteroatoms. The Morgan fingerprint density at radius 2 is 2.25 bits per heavy atom. The average Bonchev–Trinajstić information content (AvgIpc) is 2.03. The smallest absolute Gasteiger partial charge is 0.135 e. The first kappa shape index (κ1) is 9.19. The summed E-state index contributed by atoms with van der Waals surface area (Å²) in [5.41, 5.74) is 0.887. The van der Waals surface area contributed by atoms with Gasteiger partial charge in [0.15, 0.2) is 0 Å². The van der Waals surface area contributed by atoms with Gasteiger partial charge in [0.2, 0.25) is 0 Å². The molecule has 0 fully saturated rings. The van der Waals surface area contributed by atoms with Crippen molar-refractivity contribution in [2.24, 2.45) is 0 Å². The maximum absolute atomic E-state index is 13.1. The molecule has 0 atom stereocenters. The Morgan fingerprint density at radius 1 is 1.58 bits per heavy atom. The Labute approximate surface area is 78.4 Å². The van der Waals surface area contributed by atoms with E-state index in [1.165, 1.54) is 6.07 Å². The van der Waals surface area contributed by atoms with E-state index >= 15 is 0 Å². The number of hydrogen-bond donors (Lipinski definition) is 2. The zero-order valence-corrected chi connectivity index (χ0v) is 8.07. The first-order chi connectivity index (χ1) is 5.69. The highest BCUT2D eigenvalue weighted by Gasteiger charge is 2.05. The summed E-state index contributed by atoms with van der Waals surface area (Å²) in [5.74, 6) is -0.399. The summed E-state index contributed by atoms with van der Waals surface area (Å²) >= 11 is 3.16. The molecule has 0 heterocycles. The van der Waals surface area contributed by atoms with Crippen LogP contribution in [0.1, 0.15) is 5.56 Å². The molecule has 0 bridgehead atoms. The lowest BCUT2D eigenvalue weighted by molar-refractivity contribution is 0.625. The SMILES string of the molecule is CNc1cc(Br)cc(F)c1C=N. The highest BCUT2D eigenvalue weighted by Crippen LogP contribution is 2.22. The van der Waals surface area contributed by atoms with Crippen molar-refractivity contribution < 1.29 is 4.39 Å². The van der Waals surface area contributed by atoms with Crippen LogP contribution < -0.4 is 5.32 Å². The van der Waals surface area contributed by atoms with Crippen LogP contribution in [0.25, 0.3) is 0 Å². The molecule has 12 heavy (non-hydrogen) atoms. The van der Waals surface area contributed by atoms with Gasteiger partial charge in [0.1, 0.15) is 5.82 Å². The first-order valence-electron chi connectivity index (χ1n) is 3.36. The maximum atomic E-state index is 13.1. The summed E-state index contributed by atoms with van der Waals surface area (Å²) in [5, 5.41) is 9.79. The molecular formula is C8H8BrFN2.